The standard InChI is InChI=1S/C20H31N/c1-16(10-14-21)18-6-4-5-17(15-18)9-13-20(19-7-8-19)11-2-3-12-20/h4-6,15-16,19H,2-3,7-14,21H2,1H3. The van der Waals surface area contributed by atoms with Crippen LogP contribution in [0.3, 0.4) is 0 Å². The van der Waals surface area contributed by atoms with E-state index in [1.54, 1.807) is 5.56 Å². The third kappa shape index (κ3) is 3.51. The average molecular weight is 285 g/mol. The van der Waals surface area contributed by atoms with Crippen LogP contribution in [0.2, 0.25) is 0 Å². The molecular weight excluding hydrogens is 254 g/mol. The second kappa shape index (κ2) is 6.52. The topological polar surface area (TPSA) is 26.0 Å². The van der Waals surface area contributed by atoms with Crippen molar-refractivity contribution < 1.29 is 0 Å². The van der Waals surface area contributed by atoms with Gasteiger partial charge in [-0.3, -0.25) is 0 Å². The molecule has 0 spiro atoms. The maximum absolute atomic E-state index is 5.70. The highest BCUT2D eigenvalue weighted by atomic mass is 14.5. The normalized spacial score (nSPS) is 22.4. The van der Waals surface area contributed by atoms with Crippen LogP contribution in [-0.4, -0.2) is 6.54 Å². The zero-order valence-electron chi connectivity index (χ0n) is 13.6. The molecule has 1 unspecified atom stereocenters. The Morgan fingerprint density at radius 3 is 2.67 bits per heavy atom. The molecule has 0 heterocycles. The molecular formula is C20H31N. The quantitative estimate of drug-likeness (QED) is 0.746. The van der Waals surface area contributed by atoms with E-state index < -0.39 is 0 Å². The zero-order chi connectivity index (χ0) is 14.7. The van der Waals surface area contributed by atoms with Crippen molar-refractivity contribution in [2.75, 3.05) is 6.54 Å². The minimum absolute atomic E-state index is 0.596. The molecule has 2 N–H and O–H groups in total. The lowest BCUT2D eigenvalue weighted by atomic mass is 9.76. The highest BCUT2D eigenvalue weighted by molar-refractivity contribution is 5.26. The maximum Gasteiger partial charge on any atom is -0.00715 e. The number of nitrogens with two attached hydrogens (primary N) is 1. The second-order valence-corrected chi connectivity index (χ2v) is 7.57. The summed E-state index contributed by atoms with van der Waals surface area (Å²) < 4.78 is 0. The van der Waals surface area contributed by atoms with Gasteiger partial charge in [-0.25, -0.2) is 0 Å². The van der Waals surface area contributed by atoms with E-state index >= 15 is 0 Å². The van der Waals surface area contributed by atoms with Gasteiger partial charge < -0.3 is 5.73 Å². The summed E-state index contributed by atoms with van der Waals surface area (Å²) in [7, 11) is 0. The van der Waals surface area contributed by atoms with Gasteiger partial charge >= 0.3 is 0 Å². The Morgan fingerprint density at radius 1 is 1.24 bits per heavy atom. The van der Waals surface area contributed by atoms with E-state index in [-0.39, 0.29) is 0 Å². The molecule has 3 rings (SSSR count). The molecule has 2 aliphatic rings. The van der Waals surface area contributed by atoms with Gasteiger partial charge in [-0.2, -0.15) is 0 Å². The first-order chi connectivity index (χ1) is 10.2. The molecule has 1 aromatic rings. The van der Waals surface area contributed by atoms with Crippen LogP contribution >= 0.6 is 0 Å². The molecule has 0 aliphatic heterocycles. The summed E-state index contributed by atoms with van der Waals surface area (Å²) in [4.78, 5) is 0. The number of hydrogen-bond donors (Lipinski definition) is 1. The Labute approximate surface area is 130 Å². The monoisotopic (exact) mass is 285 g/mol. The highest BCUT2D eigenvalue weighted by Crippen LogP contribution is 2.57. The summed E-state index contributed by atoms with van der Waals surface area (Å²) in [5, 5.41) is 0. The predicted molar refractivity (Wildman–Crippen MR) is 90.5 cm³/mol. The van der Waals surface area contributed by atoms with E-state index in [1.807, 2.05) is 0 Å². The fourth-order valence-electron chi connectivity index (χ4n) is 4.50. The third-order valence-corrected chi connectivity index (χ3v) is 6.07. The van der Waals surface area contributed by atoms with Crippen molar-refractivity contribution in [3.8, 4) is 0 Å². The fraction of sp³-hybridized carbons (Fsp3) is 0.700. The SMILES string of the molecule is CC(CCN)c1cccc(CCC2(C3CC3)CCCC2)c1. The molecule has 2 fully saturated rings. The molecule has 1 atom stereocenters. The van der Waals surface area contributed by atoms with Crippen molar-refractivity contribution in [3.63, 3.8) is 0 Å². The van der Waals surface area contributed by atoms with Crippen LogP contribution in [0.5, 0.6) is 0 Å². The van der Waals surface area contributed by atoms with E-state index in [1.165, 1.54) is 56.9 Å². The number of rotatable bonds is 7. The van der Waals surface area contributed by atoms with E-state index in [4.69, 9.17) is 5.73 Å². The van der Waals surface area contributed by atoms with E-state index in [0.29, 0.717) is 5.92 Å². The van der Waals surface area contributed by atoms with Crippen molar-refractivity contribution in [1.29, 1.82) is 0 Å². The van der Waals surface area contributed by atoms with Crippen molar-refractivity contribution in [2.45, 2.75) is 70.6 Å². The van der Waals surface area contributed by atoms with Gasteiger partial charge in [0.1, 0.15) is 0 Å². The van der Waals surface area contributed by atoms with Crippen molar-refractivity contribution in [2.24, 2.45) is 17.1 Å². The van der Waals surface area contributed by atoms with Gasteiger partial charge in [0.05, 0.1) is 0 Å². The van der Waals surface area contributed by atoms with Crippen LogP contribution in [-0.2, 0) is 6.42 Å². The Hall–Kier alpha value is -0.820. The smallest absolute Gasteiger partial charge is 0.00715 e. The Bertz CT molecular complexity index is 455. The Balaban J connectivity index is 1.63. The summed E-state index contributed by atoms with van der Waals surface area (Å²) in [5.41, 5.74) is 9.45. The molecule has 1 aromatic carbocycles. The minimum atomic E-state index is 0.596. The van der Waals surface area contributed by atoms with Gasteiger partial charge in [0.2, 0.25) is 0 Å². The largest absolute Gasteiger partial charge is 0.330 e. The summed E-state index contributed by atoms with van der Waals surface area (Å²) in [6, 6.07) is 9.29. The van der Waals surface area contributed by atoms with Crippen LogP contribution in [0.25, 0.3) is 0 Å². The number of hydrogen-bond acceptors (Lipinski definition) is 1. The van der Waals surface area contributed by atoms with Crippen LogP contribution < -0.4 is 5.73 Å². The average Bonchev–Trinajstić information content (AvgIpc) is 3.26. The molecule has 2 aliphatic carbocycles. The Kier molecular flexibility index (Phi) is 4.69. The molecule has 2 saturated carbocycles. The van der Waals surface area contributed by atoms with Gasteiger partial charge in [0.15, 0.2) is 0 Å². The second-order valence-electron chi connectivity index (χ2n) is 7.57. The first kappa shape index (κ1) is 15.1. The minimum Gasteiger partial charge on any atom is -0.330 e. The lowest BCUT2D eigenvalue weighted by Crippen LogP contribution is -2.20. The highest BCUT2D eigenvalue weighted by Gasteiger charge is 2.45. The third-order valence-electron chi connectivity index (χ3n) is 6.07. The first-order valence-corrected chi connectivity index (χ1v) is 9.02. The van der Waals surface area contributed by atoms with E-state index in [2.05, 4.69) is 31.2 Å². The van der Waals surface area contributed by atoms with Crippen molar-refractivity contribution in [1.82, 2.24) is 0 Å². The molecule has 116 valence electrons. The number of benzene rings is 1. The molecule has 0 radical (unpaired) electrons. The van der Waals surface area contributed by atoms with Gasteiger partial charge in [-0.05, 0) is 79.9 Å². The van der Waals surface area contributed by atoms with Crippen LogP contribution in [0, 0.1) is 11.3 Å². The molecule has 0 saturated heterocycles. The first-order valence-electron chi connectivity index (χ1n) is 9.02. The van der Waals surface area contributed by atoms with Crippen LogP contribution in [0.1, 0.15) is 75.3 Å². The molecule has 0 aromatic heterocycles. The van der Waals surface area contributed by atoms with E-state index in [9.17, 15) is 0 Å². The van der Waals surface area contributed by atoms with Crippen molar-refractivity contribution >= 4 is 0 Å². The van der Waals surface area contributed by atoms with Gasteiger partial charge in [0.25, 0.3) is 0 Å². The lowest BCUT2D eigenvalue weighted by molar-refractivity contribution is 0.226. The molecule has 0 amide bonds. The van der Waals surface area contributed by atoms with Crippen LogP contribution in [0.4, 0.5) is 0 Å². The van der Waals surface area contributed by atoms with Gasteiger partial charge in [-0.15, -0.1) is 0 Å². The Morgan fingerprint density at radius 2 is 2.00 bits per heavy atom. The molecule has 21 heavy (non-hydrogen) atoms. The predicted octanol–water partition coefficient (Wildman–Crippen LogP) is 5.04. The molecule has 0 bridgehead atoms. The van der Waals surface area contributed by atoms with E-state index in [0.717, 1.165) is 24.3 Å². The summed E-state index contributed by atoms with van der Waals surface area (Å²) in [6.07, 6.45) is 12.8. The fourth-order valence-corrected chi connectivity index (χ4v) is 4.50. The molecule has 1 heteroatoms. The summed E-state index contributed by atoms with van der Waals surface area (Å²) in [6.45, 7) is 3.09. The van der Waals surface area contributed by atoms with Crippen LogP contribution in [0.15, 0.2) is 24.3 Å². The summed E-state index contributed by atoms with van der Waals surface area (Å²) >= 11 is 0. The molecule has 1 nitrogen and oxygen atoms in total. The lowest BCUT2D eigenvalue weighted by Gasteiger charge is -2.29. The van der Waals surface area contributed by atoms with Gasteiger partial charge in [-0.1, -0.05) is 44.0 Å². The van der Waals surface area contributed by atoms with Gasteiger partial charge in [0, 0.05) is 0 Å². The number of aryl methyl sites for hydroxylation is 1. The zero-order valence-corrected chi connectivity index (χ0v) is 13.6. The van der Waals surface area contributed by atoms with Crippen molar-refractivity contribution in [3.05, 3.63) is 35.4 Å². The summed E-state index contributed by atoms with van der Waals surface area (Å²) in [5.74, 6) is 1.66. The maximum atomic E-state index is 5.70.